The number of nitrogens with zero attached hydrogens (tertiary/aromatic N) is 4. The summed E-state index contributed by atoms with van der Waals surface area (Å²) in [6.45, 7) is 6.87. The summed E-state index contributed by atoms with van der Waals surface area (Å²) in [6, 6.07) is 11.4. The lowest BCUT2D eigenvalue weighted by Crippen LogP contribution is -2.49. The van der Waals surface area contributed by atoms with Crippen LogP contribution in [-0.4, -0.2) is 70.9 Å². The maximum Gasteiger partial charge on any atom is 0.287 e. The number of nitrogens with one attached hydrogen (secondary N) is 1. The van der Waals surface area contributed by atoms with Crippen molar-refractivity contribution in [3.8, 4) is 5.75 Å². The molecule has 2 bridgehead atoms. The van der Waals surface area contributed by atoms with E-state index in [0.717, 1.165) is 42.8 Å². The number of carbonyl (C=O) groups excluding carboxylic acids is 2. The molecule has 2 amide bonds. The van der Waals surface area contributed by atoms with Crippen molar-refractivity contribution in [3.63, 3.8) is 0 Å². The van der Waals surface area contributed by atoms with E-state index >= 15 is 4.21 Å². The van der Waals surface area contributed by atoms with Gasteiger partial charge in [-0.2, -0.15) is 5.10 Å². The van der Waals surface area contributed by atoms with Gasteiger partial charge in [-0.05, 0) is 106 Å². The minimum atomic E-state index is -3.89. The van der Waals surface area contributed by atoms with E-state index in [1.165, 1.54) is 17.3 Å². The van der Waals surface area contributed by atoms with Crippen LogP contribution in [0.3, 0.4) is 0 Å². The summed E-state index contributed by atoms with van der Waals surface area (Å²) in [6.07, 6.45) is 10.1. The molecule has 1 unspecified atom stereocenters. The second-order valence-corrected chi connectivity index (χ2v) is 17.2. The first-order valence-electron chi connectivity index (χ1n) is 17.6. The maximum absolute atomic E-state index is 15.1. The van der Waals surface area contributed by atoms with Gasteiger partial charge in [-0.25, -0.2) is 4.21 Å². The molecule has 1 N–H and O–H groups in total. The number of hydrogen-bond acceptors (Lipinski definition) is 8. The number of fused-ring (bicyclic) bond motifs is 4. The van der Waals surface area contributed by atoms with Crippen molar-refractivity contribution in [3.05, 3.63) is 82.2 Å². The fourth-order valence-corrected chi connectivity index (χ4v) is 9.77. The minimum Gasteiger partial charge on any atom is -0.490 e. The predicted octanol–water partition coefficient (Wildman–Crippen LogP) is 5.96. The zero-order valence-corrected chi connectivity index (χ0v) is 31.4. The van der Waals surface area contributed by atoms with Crippen LogP contribution < -0.4 is 14.4 Å². The highest BCUT2D eigenvalue weighted by molar-refractivity contribution is 7.92. The summed E-state index contributed by atoms with van der Waals surface area (Å²) in [5.74, 6) is -0.186. The Bertz CT molecular complexity index is 2020. The van der Waals surface area contributed by atoms with Crippen LogP contribution in [-0.2, 0) is 43.1 Å². The Morgan fingerprint density at radius 1 is 1.18 bits per heavy atom. The number of aryl methyl sites for hydroxylation is 2. The number of methoxy groups -OCH3 is 1. The van der Waals surface area contributed by atoms with E-state index in [1.54, 1.807) is 57.8 Å². The lowest BCUT2D eigenvalue weighted by Gasteiger charge is -2.46. The van der Waals surface area contributed by atoms with Gasteiger partial charge in [0.2, 0.25) is 0 Å². The number of aromatic nitrogens is 2. The van der Waals surface area contributed by atoms with Crippen molar-refractivity contribution in [2.45, 2.75) is 74.9 Å². The molecular weight excluding hydrogens is 690 g/mol. The second-order valence-electron chi connectivity index (χ2n) is 14.8. The second kappa shape index (κ2) is 13.7. The maximum atomic E-state index is 15.1. The SMILES string of the molecule is CO[C@H]1/C=C/COC(C)(C)C(=O)N=S(=O)(NC(=O)c2cnn(C)c2C)c2ccc3c(c2)N(C[C@@H]2CC[C@H]21)C[C@@]1(CCCc2cc(Cl)ccc21)CO3. The molecule has 1 fully saturated rings. The quantitative estimate of drug-likeness (QED) is 0.327. The first-order valence-corrected chi connectivity index (χ1v) is 19.5. The van der Waals surface area contributed by atoms with Crippen LogP contribution in [0.1, 0.15) is 66.7 Å². The molecule has 0 radical (unpaired) electrons. The number of halogens is 1. The standard InChI is InChI=1S/C38H46ClN5O6S/c1-24-30(20-40-43(24)4)35(45)41-51(47)28-12-15-34-32(19-28)44(22-38(23-49-34)16-6-8-25-18-27(39)11-14-31(25)38)21-26-10-13-29(26)33(48-5)9-7-17-50-37(2,3)36(46)42-51/h7,9,11-12,14-15,18-20,26,29,33H,6,8,10,13,16-17,21-23H2,1-5H3,(H,41,42,45,46,47)/b9-7+/t26-,29+,33-,38-,51?/m0/s1. The summed E-state index contributed by atoms with van der Waals surface area (Å²) in [4.78, 5) is 30.1. The van der Waals surface area contributed by atoms with Crippen molar-refractivity contribution in [2.24, 2.45) is 23.2 Å². The molecule has 1 saturated carbocycles. The Labute approximate surface area is 305 Å². The van der Waals surface area contributed by atoms with Gasteiger partial charge in [0.05, 0.1) is 41.7 Å². The molecule has 7 rings (SSSR count). The average Bonchev–Trinajstić information content (AvgIpc) is 3.34. The van der Waals surface area contributed by atoms with Gasteiger partial charge in [0, 0.05) is 43.4 Å². The van der Waals surface area contributed by atoms with E-state index in [1.807, 2.05) is 18.2 Å². The van der Waals surface area contributed by atoms with Gasteiger partial charge in [-0.1, -0.05) is 29.8 Å². The molecule has 5 atom stereocenters. The van der Waals surface area contributed by atoms with Crippen molar-refractivity contribution in [1.29, 1.82) is 0 Å². The fourth-order valence-electron chi connectivity index (χ4n) is 7.97. The number of anilines is 1. The van der Waals surface area contributed by atoms with Crippen LogP contribution in [0.2, 0.25) is 5.02 Å². The molecule has 3 aromatic rings. The van der Waals surface area contributed by atoms with Crippen LogP contribution in [0.5, 0.6) is 5.75 Å². The summed E-state index contributed by atoms with van der Waals surface area (Å²) in [7, 11) is -0.443. The highest BCUT2D eigenvalue weighted by Crippen LogP contribution is 2.47. The molecule has 0 saturated heterocycles. The summed E-state index contributed by atoms with van der Waals surface area (Å²) in [5, 5.41) is 4.90. The molecule has 272 valence electrons. The van der Waals surface area contributed by atoms with Crippen LogP contribution in [0.15, 0.2) is 64.0 Å². The van der Waals surface area contributed by atoms with E-state index in [2.05, 4.69) is 31.2 Å². The van der Waals surface area contributed by atoms with Crippen molar-refractivity contribution >= 4 is 39.0 Å². The van der Waals surface area contributed by atoms with E-state index in [-0.39, 0.29) is 34.5 Å². The third-order valence-electron chi connectivity index (χ3n) is 11.3. The molecule has 51 heavy (non-hydrogen) atoms. The number of carbonyl (C=O) groups is 2. The summed E-state index contributed by atoms with van der Waals surface area (Å²) >= 11 is 6.47. The van der Waals surface area contributed by atoms with Crippen LogP contribution in [0, 0.1) is 18.8 Å². The molecule has 2 aliphatic heterocycles. The van der Waals surface area contributed by atoms with Gasteiger partial charge >= 0.3 is 0 Å². The average molecular weight is 736 g/mol. The molecule has 2 aliphatic carbocycles. The third kappa shape index (κ3) is 6.71. The predicted molar refractivity (Wildman–Crippen MR) is 196 cm³/mol. The van der Waals surface area contributed by atoms with E-state index in [0.29, 0.717) is 37.1 Å². The highest BCUT2D eigenvalue weighted by Gasteiger charge is 2.45. The lowest BCUT2D eigenvalue weighted by molar-refractivity contribution is -0.137. The van der Waals surface area contributed by atoms with Crippen LogP contribution in [0.4, 0.5) is 5.69 Å². The lowest BCUT2D eigenvalue weighted by atomic mass is 9.68. The van der Waals surface area contributed by atoms with Gasteiger partial charge in [0.25, 0.3) is 11.8 Å². The third-order valence-corrected chi connectivity index (χ3v) is 13.3. The van der Waals surface area contributed by atoms with Gasteiger partial charge in [-0.15, -0.1) is 4.36 Å². The fraction of sp³-hybridized carbons (Fsp3) is 0.500. The Morgan fingerprint density at radius 3 is 2.73 bits per heavy atom. The molecule has 1 aromatic heterocycles. The highest BCUT2D eigenvalue weighted by atomic mass is 35.5. The first-order chi connectivity index (χ1) is 24.3. The van der Waals surface area contributed by atoms with E-state index in [4.69, 9.17) is 25.8 Å². The van der Waals surface area contributed by atoms with Crippen LogP contribution >= 0.6 is 11.6 Å². The van der Waals surface area contributed by atoms with E-state index in [9.17, 15) is 9.59 Å². The number of benzene rings is 2. The Balaban J connectivity index is 1.38. The van der Waals surface area contributed by atoms with Crippen molar-refractivity contribution < 1.29 is 28.0 Å². The summed E-state index contributed by atoms with van der Waals surface area (Å²) < 4.78 is 42.2. The van der Waals surface area contributed by atoms with Crippen molar-refractivity contribution in [2.75, 3.05) is 38.3 Å². The zero-order chi connectivity index (χ0) is 36.1. The normalized spacial score (nSPS) is 29.4. The smallest absolute Gasteiger partial charge is 0.287 e. The summed E-state index contributed by atoms with van der Waals surface area (Å²) in [5.41, 5.74) is 2.28. The minimum absolute atomic E-state index is 0.117. The Hall–Kier alpha value is -3.71. The van der Waals surface area contributed by atoms with E-state index < -0.39 is 27.3 Å². The molecule has 3 heterocycles. The van der Waals surface area contributed by atoms with Gasteiger partial charge < -0.3 is 19.1 Å². The van der Waals surface area contributed by atoms with Gasteiger partial charge in [0.1, 0.15) is 11.4 Å². The Kier molecular flexibility index (Phi) is 9.58. The zero-order valence-electron chi connectivity index (χ0n) is 29.8. The van der Waals surface area contributed by atoms with Crippen molar-refractivity contribution in [1.82, 2.24) is 14.5 Å². The van der Waals surface area contributed by atoms with Crippen LogP contribution in [0.25, 0.3) is 0 Å². The molecule has 11 nitrogen and oxygen atoms in total. The molecule has 13 heteroatoms. The number of hydrogen-bond donors (Lipinski definition) is 1. The molecule has 1 spiro atoms. The largest absolute Gasteiger partial charge is 0.490 e. The molecular formula is C38H46ClN5O6S. The number of amides is 2. The monoisotopic (exact) mass is 735 g/mol. The Morgan fingerprint density at radius 2 is 2.00 bits per heavy atom. The molecule has 4 aliphatic rings. The van der Waals surface area contributed by atoms with Gasteiger partial charge in [0.15, 0.2) is 9.92 Å². The number of ether oxygens (including phenoxy) is 3. The molecule has 2 aromatic carbocycles. The van der Waals surface area contributed by atoms with Gasteiger partial charge in [-0.3, -0.25) is 19.0 Å². The number of rotatable bonds is 3. The first kappa shape index (κ1) is 35.7. The topological polar surface area (TPSA) is 124 Å².